The maximum Gasteiger partial charge on any atom is 0.176 e. The molecule has 0 aliphatic rings. The lowest BCUT2D eigenvalue weighted by molar-refractivity contribution is 0.517. The maximum absolute atomic E-state index is 12.8. The first kappa shape index (κ1) is 13.2. The van der Waals surface area contributed by atoms with Gasteiger partial charge >= 0.3 is 0 Å². The average molecular weight is 267 g/mol. The second-order valence-electron chi connectivity index (χ2n) is 4.60. The fourth-order valence-corrected chi connectivity index (χ4v) is 2.62. The molecule has 0 aromatic carbocycles. The van der Waals surface area contributed by atoms with Gasteiger partial charge < -0.3 is 5.32 Å². The predicted octanol–water partition coefficient (Wildman–Crippen LogP) is 3.26. The SMILES string of the molecule is Cc1c(CNCc2ccc(F)s2)cnn1C(C)C. The normalized spacial score (nSPS) is 11.4. The molecular formula is C13H18FN3S. The van der Waals surface area contributed by atoms with Gasteiger partial charge in [-0.1, -0.05) is 0 Å². The third-order valence-corrected chi connectivity index (χ3v) is 3.75. The van der Waals surface area contributed by atoms with E-state index in [9.17, 15) is 4.39 Å². The topological polar surface area (TPSA) is 29.9 Å². The lowest BCUT2D eigenvalue weighted by atomic mass is 10.2. The van der Waals surface area contributed by atoms with Crippen LogP contribution in [0.4, 0.5) is 4.39 Å². The maximum atomic E-state index is 12.8. The van der Waals surface area contributed by atoms with E-state index in [1.54, 1.807) is 0 Å². The van der Waals surface area contributed by atoms with E-state index in [1.807, 2.05) is 16.9 Å². The van der Waals surface area contributed by atoms with Gasteiger partial charge in [0, 0.05) is 35.3 Å². The number of hydrogen-bond acceptors (Lipinski definition) is 3. The molecule has 0 atom stereocenters. The Kier molecular flexibility index (Phi) is 4.14. The predicted molar refractivity (Wildman–Crippen MR) is 72.2 cm³/mol. The Bertz CT molecular complexity index is 516. The van der Waals surface area contributed by atoms with E-state index in [2.05, 4.69) is 31.2 Å². The number of halogens is 1. The van der Waals surface area contributed by atoms with E-state index < -0.39 is 0 Å². The van der Waals surface area contributed by atoms with Gasteiger partial charge in [-0.15, -0.1) is 11.3 Å². The third kappa shape index (κ3) is 2.97. The highest BCUT2D eigenvalue weighted by molar-refractivity contribution is 7.10. The summed E-state index contributed by atoms with van der Waals surface area (Å²) in [5.74, 6) is 0. The average Bonchev–Trinajstić information content (AvgIpc) is 2.87. The van der Waals surface area contributed by atoms with Crippen LogP contribution in [-0.2, 0) is 13.1 Å². The molecular weight excluding hydrogens is 249 g/mol. The van der Waals surface area contributed by atoms with Crippen molar-refractivity contribution < 1.29 is 4.39 Å². The molecule has 2 heterocycles. The van der Waals surface area contributed by atoms with Gasteiger partial charge in [-0.25, -0.2) is 0 Å². The molecule has 18 heavy (non-hydrogen) atoms. The molecule has 0 radical (unpaired) electrons. The molecule has 2 aromatic rings. The highest BCUT2D eigenvalue weighted by atomic mass is 32.1. The summed E-state index contributed by atoms with van der Waals surface area (Å²) in [4.78, 5) is 1.02. The molecule has 0 fully saturated rings. The monoisotopic (exact) mass is 267 g/mol. The van der Waals surface area contributed by atoms with Gasteiger partial charge in [0.1, 0.15) is 0 Å². The van der Waals surface area contributed by atoms with Gasteiger partial charge in [0.2, 0.25) is 0 Å². The van der Waals surface area contributed by atoms with Crippen LogP contribution in [-0.4, -0.2) is 9.78 Å². The molecule has 1 N–H and O–H groups in total. The molecule has 5 heteroatoms. The third-order valence-electron chi connectivity index (χ3n) is 2.88. The van der Waals surface area contributed by atoms with Crippen LogP contribution in [0.2, 0.25) is 0 Å². The number of rotatable bonds is 5. The van der Waals surface area contributed by atoms with Crippen LogP contribution in [0.15, 0.2) is 18.3 Å². The minimum absolute atomic E-state index is 0.129. The van der Waals surface area contributed by atoms with Gasteiger partial charge in [-0.2, -0.15) is 9.49 Å². The van der Waals surface area contributed by atoms with Gasteiger partial charge in [-0.3, -0.25) is 4.68 Å². The first-order valence-electron chi connectivity index (χ1n) is 6.06. The summed E-state index contributed by atoms with van der Waals surface area (Å²) >= 11 is 1.19. The summed E-state index contributed by atoms with van der Waals surface area (Å²) in [5, 5.41) is 7.55. The molecule has 3 nitrogen and oxygen atoms in total. The lowest BCUT2D eigenvalue weighted by Crippen LogP contribution is -2.13. The van der Waals surface area contributed by atoms with E-state index in [4.69, 9.17) is 0 Å². The Morgan fingerprint density at radius 3 is 2.72 bits per heavy atom. The molecule has 2 aromatic heterocycles. The Hall–Kier alpha value is -1.20. The molecule has 0 unspecified atom stereocenters. The summed E-state index contributed by atoms with van der Waals surface area (Å²) < 4.78 is 14.8. The number of aromatic nitrogens is 2. The molecule has 0 aliphatic carbocycles. The smallest absolute Gasteiger partial charge is 0.176 e. The molecule has 0 bridgehead atoms. The van der Waals surface area contributed by atoms with E-state index in [-0.39, 0.29) is 5.13 Å². The van der Waals surface area contributed by atoms with Crippen molar-refractivity contribution >= 4 is 11.3 Å². The van der Waals surface area contributed by atoms with E-state index >= 15 is 0 Å². The minimum atomic E-state index is -0.129. The molecule has 0 aliphatic heterocycles. The van der Waals surface area contributed by atoms with Crippen LogP contribution in [0.25, 0.3) is 0 Å². The van der Waals surface area contributed by atoms with Crippen LogP contribution in [0.3, 0.4) is 0 Å². The van der Waals surface area contributed by atoms with Crippen molar-refractivity contribution in [2.75, 3.05) is 0 Å². The number of hydrogen-bond donors (Lipinski definition) is 1. The van der Waals surface area contributed by atoms with Crippen LogP contribution >= 0.6 is 11.3 Å². The second-order valence-corrected chi connectivity index (χ2v) is 5.72. The van der Waals surface area contributed by atoms with Gasteiger partial charge in [0.05, 0.1) is 6.20 Å². The van der Waals surface area contributed by atoms with Crippen molar-refractivity contribution in [2.24, 2.45) is 0 Å². The number of thiophene rings is 1. The van der Waals surface area contributed by atoms with Crippen molar-refractivity contribution in [3.63, 3.8) is 0 Å². The zero-order chi connectivity index (χ0) is 13.1. The minimum Gasteiger partial charge on any atom is -0.308 e. The summed E-state index contributed by atoms with van der Waals surface area (Å²) in [6, 6.07) is 3.70. The fraction of sp³-hybridized carbons (Fsp3) is 0.462. The lowest BCUT2D eigenvalue weighted by Gasteiger charge is -2.09. The van der Waals surface area contributed by atoms with Crippen molar-refractivity contribution in [3.8, 4) is 0 Å². The van der Waals surface area contributed by atoms with Gasteiger partial charge in [0.15, 0.2) is 5.13 Å². The van der Waals surface area contributed by atoms with Crippen molar-refractivity contribution in [1.29, 1.82) is 0 Å². The summed E-state index contributed by atoms with van der Waals surface area (Å²) in [6.45, 7) is 7.77. The van der Waals surface area contributed by atoms with Crippen molar-refractivity contribution in [2.45, 2.75) is 39.9 Å². The standard InChI is InChI=1S/C13H18FN3S/c1-9(2)17-10(3)11(7-16-17)6-15-8-12-4-5-13(14)18-12/h4-5,7,9,15H,6,8H2,1-3H3. The molecule has 0 spiro atoms. The van der Waals surface area contributed by atoms with E-state index in [1.165, 1.54) is 28.7 Å². The Balaban J connectivity index is 1.90. The largest absolute Gasteiger partial charge is 0.308 e. The molecule has 0 saturated heterocycles. The first-order chi connectivity index (χ1) is 8.58. The van der Waals surface area contributed by atoms with Crippen LogP contribution < -0.4 is 5.32 Å². The molecule has 0 amide bonds. The van der Waals surface area contributed by atoms with Crippen LogP contribution in [0, 0.1) is 12.1 Å². The van der Waals surface area contributed by atoms with Gasteiger partial charge in [0.25, 0.3) is 0 Å². The number of nitrogens with zero attached hydrogens (tertiary/aromatic N) is 2. The zero-order valence-corrected chi connectivity index (χ0v) is 11.7. The van der Waals surface area contributed by atoms with Crippen molar-refractivity contribution in [3.05, 3.63) is 39.6 Å². The molecule has 2 rings (SSSR count). The summed E-state index contributed by atoms with van der Waals surface area (Å²) in [7, 11) is 0. The number of nitrogens with one attached hydrogen (secondary N) is 1. The molecule has 0 saturated carbocycles. The van der Waals surface area contributed by atoms with E-state index in [0.29, 0.717) is 12.6 Å². The van der Waals surface area contributed by atoms with Crippen molar-refractivity contribution in [1.82, 2.24) is 15.1 Å². The van der Waals surface area contributed by atoms with E-state index in [0.717, 1.165) is 11.4 Å². The Morgan fingerprint density at radius 2 is 2.17 bits per heavy atom. The second kappa shape index (κ2) is 5.63. The quantitative estimate of drug-likeness (QED) is 0.901. The first-order valence-corrected chi connectivity index (χ1v) is 6.87. The molecule has 98 valence electrons. The Morgan fingerprint density at radius 1 is 1.39 bits per heavy atom. The summed E-state index contributed by atoms with van der Waals surface area (Å²) in [6.07, 6.45) is 1.90. The highest BCUT2D eigenvalue weighted by Gasteiger charge is 2.08. The van der Waals surface area contributed by atoms with Gasteiger partial charge in [-0.05, 0) is 32.9 Å². The fourth-order valence-electron chi connectivity index (χ4n) is 1.92. The highest BCUT2D eigenvalue weighted by Crippen LogP contribution is 2.15. The Labute approximate surface area is 111 Å². The van der Waals surface area contributed by atoms with Crippen LogP contribution in [0.5, 0.6) is 0 Å². The summed E-state index contributed by atoms with van der Waals surface area (Å²) in [5.41, 5.74) is 2.38. The zero-order valence-electron chi connectivity index (χ0n) is 10.9. The van der Waals surface area contributed by atoms with Crippen LogP contribution in [0.1, 0.15) is 36.0 Å².